The molecule has 1 aromatic carbocycles. The minimum absolute atomic E-state index is 0.0554. The van der Waals surface area contributed by atoms with Crippen molar-refractivity contribution < 1.29 is 33.7 Å². The van der Waals surface area contributed by atoms with Crippen LogP contribution in [0.1, 0.15) is 76.1 Å². The third-order valence-corrected chi connectivity index (χ3v) is 10.9. The Balaban J connectivity index is 1.42. The molecule has 5 rings (SSSR count). The number of rotatable bonds is 4. The van der Waals surface area contributed by atoms with Crippen molar-refractivity contribution in [1.82, 2.24) is 0 Å². The number of ketones is 2. The molecule has 4 aliphatic rings. The molecule has 0 unspecified atom stereocenters. The van der Waals surface area contributed by atoms with Crippen LogP contribution < -0.4 is 0 Å². The fourth-order valence-electron chi connectivity index (χ4n) is 8.88. The molecule has 4 saturated carbocycles. The normalized spacial score (nSPS) is 45.8. The Bertz CT molecular complexity index is 1070. The number of benzene rings is 1. The van der Waals surface area contributed by atoms with E-state index in [0.29, 0.717) is 44.1 Å². The second-order valence-electron chi connectivity index (χ2n) is 12.3. The Kier molecular flexibility index (Phi) is 5.99. The van der Waals surface area contributed by atoms with E-state index in [2.05, 4.69) is 0 Å². The van der Waals surface area contributed by atoms with Gasteiger partial charge in [-0.25, -0.2) is 9.18 Å². The van der Waals surface area contributed by atoms with Crippen LogP contribution in [0.3, 0.4) is 0 Å². The summed E-state index contributed by atoms with van der Waals surface area (Å²) in [5.74, 6) is -2.50. The number of hydrogen-bond acceptors (Lipinski definition) is 6. The number of ether oxygens (including phenoxy) is 1. The van der Waals surface area contributed by atoms with Crippen LogP contribution in [0.15, 0.2) is 30.3 Å². The van der Waals surface area contributed by atoms with E-state index in [1.54, 1.807) is 44.2 Å². The van der Waals surface area contributed by atoms with Crippen molar-refractivity contribution in [2.24, 2.45) is 34.5 Å². The molecule has 9 atom stereocenters. The second-order valence-corrected chi connectivity index (χ2v) is 12.3. The number of fused-ring (bicyclic) bond motifs is 5. The van der Waals surface area contributed by atoms with Crippen LogP contribution in [-0.4, -0.2) is 51.7 Å². The summed E-state index contributed by atoms with van der Waals surface area (Å²) in [6, 6.07) is 8.34. The first kappa shape index (κ1) is 25.5. The highest BCUT2D eigenvalue weighted by atomic mass is 19.1. The first-order valence-electron chi connectivity index (χ1n) is 13.3. The number of Topliss-reactive ketones (excluding diaryl/α,β-unsaturated/α-hetero) is 2. The molecule has 0 heterocycles. The molecule has 0 aromatic heterocycles. The summed E-state index contributed by atoms with van der Waals surface area (Å²) in [7, 11) is 0. The number of carbonyl (C=O) groups excluding carboxylic acids is 3. The van der Waals surface area contributed by atoms with Crippen molar-refractivity contribution in [2.75, 3.05) is 6.61 Å². The zero-order chi connectivity index (χ0) is 26.1. The second kappa shape index (κ2) is 8.45. The molecule has 4 aliphatic carbocycles. The zero-order valence-corrected chi connectivity index (χ0v) is 21.3. The van der Waals surface area contributed by atoms with Crippen LogP contribution in [0.2, 0.25) is 0 Å². The molecular formula is C29H37FO6. The summed E-state index contributed by atoms with van der Waals surface area (Å²) in [5.41, 5.74) is -5.29. The number of esters is 1. The molecule has 4 fully saturated rings. The molecule has 0 bridgehead atoms. The van der Waals surface area contributed by atoms with Gasteiger partial charge in [0, 0.05) is 23.7 Å². The van der Waals surface area contributed by atoms with Crippen LogP contribution in [0.25, 0.3) is 0 Å². The van der Waals surface area contributed by atoms with Crippen LogP contribution in [0, 0.1) is 34.5 Å². The van der Waals surface area contributed by atoms with E-state index in [0.717, 1.165) is 0 Å². The van der Waals surface area contributed by atoms with E-state index in [-0.39, 0.29) is 24.0 Å². The highest BCUT2D eigenvalue weighted by molar-refractivity contribution is 5.94. The van der Waals surface area contributed by atoms with Crippen molar-refractivity contribution in [1.29, 1.82) is 0 Å². The molecule has 36 heavy (non-hydrogen) atoms. The maximum absolute atomic E-state index is 17.3. The SMILES string of the molecule is C[C@H]1C[C@H]2[C@@H]3CC[C@@H]4CC(=O)CC[C@]4(C)[C@@]3(F)[C@@H](O)C[C@]2(C)[C@@]1(O)C(=O)COC(=O)c1ccccc1. The van der Waals surface area contributed by atoms with Gasteiger partial charge < -0.3 is 14.9 Å². The Morgan fingerprint density at radius 1 is 1.11 bits per heavy atom. The van der Waals surface area contributed by atoms with Gasteiger partial charge in [0.1, 0.15) is 17.1 Å². The molecule has 196 valence electrons. The van der Waals surface area contributed by atoms with Crippen molar-refractivity contribution in [3.05, 3.63) is 35.9 Å². The molecule has 0 saturated heterocycles. The predicted octanol–water partition coefficient (Wildman–Crippen LogP) is 4.06. The average molecular weight is 501 g/mol. The Hall–Kier alpha value is -2.12. The summed E-state index contributed by atoms with van der Waals surface area (Å²) in [4.78, 5) is 38.1. The Morgan fingerprint density at radius 3 is 2.50 bits per heavy atom. The number of aliphatic hydroxyl groups excluding tert-OH is 1. The standard InChI is InChI=1S/C29H37FO6/c1-17-13-22-21-10-9-19-14-20(31)11-12-26(19,2)28(21,30)23(32)15-27(22,3)29(17,35)24(33)16-36-25(34)18-7-5-4-6-8-18/h4-8,17,19,21-23,32,35H,9-16H2,1-3H3/t17-,19+,21-,22-,23-,26-,27-,28-,29-/m0/s1. The topological polar surface area (TPSA) is 101 Å². The van der Waals surface area contributed by atoms with Crippen molar-refractivity contribution >= 4 is 17.5 Å². The smallest absolute Gasteiger partial charge is 0.338 e. The molecule has 0 radical (unpaired) electrons. The van der Waals surface area contributed by atoms with Crippen molar-refractivity contribution in [2.45, 2.75) is 83.1 Å². The fourth-order valence-corrected chi connectivity index (χ4v) is 8.88. The highest BCUT2D eigenvalue weighted by Crippen LogP contribution is 2.71. The minimum atomic E-state index is -1.88. The molecule has 1 aromatic rings. The molecular weight excluding hydrogens is 463 g/mol. The molecule has 0 aliphatic heterocycles. The molecule has 6 nitrogen and oxygen atoms in total. The molecule has 0 amide bonds. The van der Waals surface area contributed by atoms with E-state index < -0.39 is 58.4 Å². The lowest BCUT2D eigenvalue weighted by Gasteiger charge is -2.65. The fraction of sp³-hybridized carbons (Fsp3) is 0.690. The summed E-state index contributed by atoms with van der Waals surface area (Å²) in [6.45, 7) is 4.89. The van der Waals surface area contributed by atoms with Gasteiger partial charge in [-0.1, -0.05) is 39.0 Å². The van der Waals surface area contributed by atoms with Gasteiger partial charge in [-0.3, -0.25) is 9.59 Å². The lowest BCUT2D eigenvalue weighted by atomic mass is 9.42. The summed E-state index contributed by atoms with van der Waals surface area (Å²) < 4.78 is 22.6. The van der Waals surface area contributed by atoms with Crippen LogP contribution in [0.4, 0.5) is 4.39 Å². The summed E-state index contributed by atoms with van der Waals surface area (Å²) in [5, 5.41) is 23.4. The van der Waals surface area contributed by atoms with Gasteiger partial charge in [0.05, 0.1) is 11.7 Å². The Labute approximate surface area is 211 Å². The van der Waals surface area contributed by atoms with Crippen LogP contribution in [0.5, 0.6) is 0 Å². The summed E-state index contributed by atoms with van der Waals surface area (Å²) in [6.07, 6.45) is 1.35. The lowest BCUT2D eigenvalue weighted by Crippen LogP contribution is -2.71. The van der Waals surface area contributed by atoms with Gasteiger partial charge in [0.25, 0.3) is 0 Å². The van der Waals surface area contributed by atoms with Gasteiger partial charge in [-0.05, 0) is 67.9 Å². The largest absolute Gasteiger partial charge is 0.454 e. The monoisotopic (exact) mass is 500 g/mol. The quantitative estimate of drug-likeness (QED) is 0.605. The van der Waals surface area contributed by atoms with Crippen molar-refractivity contribution in [3.8, 4) is 0 Å². The molecule has 7 heteroatoms. The zero-order valence-electron chi connectivity index (χ0n) is 21.3. The number of halogens is 1. The van der Waals surface area contributed by atoms with Crippen LogP contribution >= 0.6 is 0 Å². The van der Waals surface area contributed by atoms with E-state index in [1.165, 1.54) is 0 Å². The maximum Gasteiger partial charge on any atom is 0.338 e. The lowest BCUT2D eigenvalue weighted by molar-refractivity contribution is -0.254. The van der Waals surface area contributed by atoms with Gasteiger partial charge in [-0.15, -0.1) is 0 Å². The first-order chi connectivity index (χ1) is 16.9. The number of hydrogen-bond donors (Lipinski definition) is 2. The van der Waals surface area contributed by atoms with Gasteiger partial charge in [0.15, 0.2) is 6.61 Å². The Morgan fingerprint density at radius 2 is 1.81 bits per heavy atom. The summed E-state index contributed by atoms with van der Waals surface area (Å²) >= 11 is 0. The van der Waals surface area contributed by atoms with E-state index in [9.17, 15) is 24.6 Å². The minimum Gasteiger partial charge on any atom is -0.454 e. The number of alkyl halides is 1. The van der Waals surface area contributed by atoms with Crippen molar-refractivity contribution in [3.63, 3.8) is 0 Å². The van der Waals surface area contributed by atoms with Crippen LogP contribution in [-0.2, 0) is 14.3 Å². The van der Waals surface area contributed by atoms with Gasteiger partial charge in [0.2, 0.25) is 5.78 Å². The number of carbonyl (C=O) groups is 3. The predicted molar refractivity (Wildman–Crippen MR) is 130 cm³/mol. The third-order valence-electron chi connectivity index (χ3n) is 10.9. The average Bonchev–Trinajstić information content (AvgIpc) is 3.05. The third kappa shape index (κ3) is 3.24. The number of aliphatic hydroxyl groups is 2. The first-order valence-corrected chi connectivity index (χ1v) is 13.3. The van der Waals surface area contributed by atoms with E-state index in [1.807, 2.05) is 6.92 Å². The molecule has 0 spiro atoms. The molecule has 2 N–H and O–H groups in total. The van der Waals surface area contributed by atoms with E-state index >= 15 is 4.39 Å². The van der Waals surface area contributed by atoms with Gasteiger partial charge in [-0.2, -0.15) is 0 Å². The van der Waals surface area contributed by atoms with Gasteiger partial charge >= 0.3 is 5.97 Å². The highest BCUT2D eigenvalue weighted by Gasteiger charge is 2.76. The van der Waals surface area contributed by atoms with E-state index in [4.69, 9.17) is 4.74 Å². The maximum atomic E-state index is 17.3.